The first-order valence-electron chi connectivity index (χ1n) is 30.2. The molecular formula is C62H92N8O16. The van der Waals surface area contributed by atoms with Gasteiger partial charge < -0.3 is 68.5 Å². The van der Waals surface area contributed by atoms with Crippen LogP contribution in [0.25, 0.3) is 0 Å². The number of benzene rings is 2. The molecule has 24 nitrogen and oxygen atoms in total. The van der Waals surface area contributed by atoms with Crippen molar-refractivity contribution < 1.29 is 76.4 Å². The summed E-state index contributed by atoms with van der Waals surface area (Å²) < 4.78 is 32.9. The third-order valence-corrected chi connectivity index (χ3v) is 15.2. The minimum Gasteiger partial charge on any atom is -0.476 e. The second-order valence-electron chi connectivity index (χ2n) is 23.5. The maximum absolute atomic E-state index is 14.2. The molecule has 0 bridgehead atoms. The number of nitrogens with one attached hydrogen (secondary N) is 2. The predicted octanol–water partition coefficient (Wildman–Crippen LogP) is 7.55. The zero-order valence-electron chi connectivity index (χ0n) is 53.3. The molecule has 0 radical (unpaired) electrons. The van der Waals surface area contributed by atoms with Crippen LogP contribution in [0.2, 0.25) is 0 Å². The van der Waals surface area contributed by atoms with Crippen LogP contribution in [0.15, 0.2) is 24.3 Å². The van der Waals surface area contributed by atoms with E-state index in [4.69, 9.17) is 28.4 Å². The fraction of sp³-hybridized carbons (Fsp3) is 0.645. The summed E-state index contributed by atoms with van der Waals surface area (Å²) in [5.41, 5.74) is 0.938. The summed E-state index contributed by atoms with van der Waals surface area (Å²) in [7, 11) is 0. The molecule has 4 heterocycles. The smallest absolute Gasteiger partial charge is 0.412 e. The lowest BCUT2D eigenvalue weighted by Gasteiger charge is -2.42. The van der Waals surface area contributed by atoms with Gasteiger partial charge in [-0.3, -0.25) is 38.4 Å². The summed E-state index contributed by atoms with van der Waals surface area (Å²) in [5.74, 6) is -1.18. The Labute approximate surface area is 506 Å². The first-order chi connectivity index (χ1) is 40.4. The highest BCUT2D eigenvalue weighted by atomic mass is 16.7. The molecule has 24 heteroatoms. The van der Waals surface area contributed by atoms with Crippen molar-refractivity contribution in [3.63, 3.8) is 0 Å². The highest BCUT2D eigenvalue weighted by Gasteiger charge is 2.44. The first-order valence-corrected chi connectivity index (χ1v) is 30.2. The number of carbonyl (C=O) groups excluding carboxylic acids is 10. The summed E-state index contributed by atoms with van der Waals surface area (Å²) >= 11 is 0. The molecule has 4 aliphatic rings. The van der Waals surface area contributed by atoms with Gasteiger partial charge in [-0.05, 0) is 130 Å². The van der Waals surface area contributed by atoms with Gasteiger partial charge >= 0.3 is 24.1 Å². The van der Waals surface area contributed by atoms with Crippen molar-refractivity contribution in [1.29, 1.82) is 0 Å². The fourth-order valence-electron chi connectivity index (χ4n) is 10.8. The van der Waals surface area contributed by atoms with Gasteiger partial charge in [-0.25, -0.2) is 9.59 Å². The summed E-state index contributed by atoms with van der Waals surface area (Å²) in [6, 6.07) is 5.99. The second kappa shape index (κ2) is 30.1. The Morgan fingerprint density at radius 3 is 1.22 bits per heavy atom. The highest BCUT2D eigenvalue weighted by Crippen LogP contribution is 2.42. The molecule has 2 fully saturated rings. The molecule has 476 valence electrons. The van der Waals surface area contributed by atoms with E-state index >= 15 is 0 Å². The summed E-state index contributed by atoms with van der Waals surface area (Å²) in [4.78, 5) is 137. The largest absolute Gasteiger partial charge is 0.476 e. The summed E-state index contributed by atoms with van der Waals surface area (Å²) in [5, 5.41) is 5.61. The van der Waals surface area contributed by atoms with Crippen LogP contribution in [0.5, 0.6) is 11.5 Å². The van der Waals surface area contributed by atoms with Gasteiger partial charge in [0.2, 0.25) is 24.4 Å². The van der Waals surface area contributed by atoms with Gasteiger partial charge in [-0.2, -0.15) is 0 Å². The fourth-order valence-corrected chi connectivity index (χ4v) is 10.8. The van der Waals surface area contributed by atoms with Gasteiger partial charge in [0.15, 0.2) is 11.2 Å². The van der Waals surface area contributed by atoms with Crippen molar-refractivity contribution in [3.05, 3.63) is 46.5 Å². The number of aryl methyl sites for hydroxylation is 2. The van der Waals surface area contributed by atoms with Crippen LogP contribution in [-0.4, -0.2) is 179 Å². The van der Waals surface area contributed by atoms with E-state index in [-0.39, 0.29) is 112 Å². The molecule has 2 N–H and O–H groups in total. The Morgan fingerprint density at radius 2 is 0.907 bits per heavy atom. The average Bonchev–Trinajstić information content (AvgIpc) is 0.878. The molecule has 2 aromatic carbocycles. The average molecular weight is 1210 g/mol. The molecule has 2 saturated heterocycles. The molecule has 1 unspecified atom stereocenters. The number of fused-ring (bicyclic) bond motifs is 2. The molecule has 8 amide bonds. The lowest BCUT2D eigenvalue weighted by Crippen LogP contribution is -2.55. The molecule has 4 aliphatic heterocycles. The third-order valence-electron chi connectivity index (χ3n) is 15.2. The number of rotatable bonds is 20. The molecule has 4 atom stereocenters. The number of nitrogens with zero attached hydrogens (tertiary/aromatic N) is 6. The number of amides is 8. The van der Waals surface area contributed by atoms with Gasteiger partial charge in [0.05, 0.1) is 23.5 Å². The van der Waals surface area contributed by atoms with Crippen molar-refractivity contribution >= 4 is 70.9 Å². The minimum absolute atomic E-state index is 0.116. The Balaban J connectivity index is 0.000000314. The molecular weight excluding hydrogens is 1110 g/mol. The number of likely N-dealkylation sites (tertiary alicyclic amines) is 2. The van der Waals surface area contributed by atoms with E-state index in [1.54, 1.807) is 99.3 Å². The highest BCUT2D eigenvalue weighted by molar-refractivity contribution is 6.06. The van der Waals surface area contributed by atoms with Crippen LogP contribution in [0.1, 0.15) is 180 Å². The van der Waals surface area contributed by atoms with E-state index in [0.29, 0.717) is 96.7 Å². The molecule has 0 aliphatic carbocycles. The number of anilines is 2. The van der Waals surface area contributed by atoms with Crippen molar-refractivity contribution in [2.24, 2.45) is 0 Å². The van der Waals surface area contributed by atoms with Gasteiger partial charge in [-0.1, -0.05) is 27.7 Å². The number of carbonyl (C=O) groups is 10. The van der Waals surface area contributed by atoms with Crippen LogP contribution < -0.4 is 29.9 Å². The first kappa shape index (κ1) is 69.1. The van der Waals surface area contributed by atoms with Gasteiger partial charge in [0, 0.05) is 115 Å². The predicted molar refractivity (Wildman–Crippen MR) is 320 cm³/mol. The van der Waals surface area contributed by atoms with Crippen molar-refractivity contribution in [2.75, 3.05) is 62.2 Å². The maximum Gasteiger partial charge on any atom is 0.412 e. The second-order valence-corrected chi connectivity index (χ2v) is 23.5. The number of hydrogen-bond acceptors (Lipinski definition) is 16. The number of hydrogen-bond donors (Lipinski definition) is 2. The van der Waals surface area contributed by atoms with E-state index in [2.05, 4.69) is 10.6 Å². The Bertz CT molecular complexity index is 2650. The van der Waals surface area contributed by atoms with E-state index in [9.17, 15) is 47.9 Å². The van der Waals surface area contributed by atoms with Crippen LogP contribution in [0, 0.1) is 13.8 Å². The quantitative estimate of drug-likeness (QED) is 0.0957. The van der Waals surface area contributed by atoms with Gasteiger partial charge in [-0.15, -0.1) is 0 Å². The van der Waals surface area contributed by atoms with E-state index < -0.39 is 47.9 Å². The molecule has 0 spiro atoms. The van der Waals surface area contributed by atoms with E-state index in [0.717, 1.165) is 0 Å². The van der Waals surface area contributed by atoms with Crippen LogP contribution in [0.4, 0.5) is 21.0 Å². The normalized spacial score (nSPS) is 18.3. The molecule has 86 heavy (non-hydrogen) atoms. The number of esters is 2. The van der Waals surface area contributed by atoms with Crippen molar-refractivity contribution in [1.82, 2.24) is 30.2 Å². The Hall–Kier alpha value is -7.66. The van der Waals surface area contributed by atoms with Crippen molar-refractivity contribution in [3.8, 4) is 11.5 Å². The lowest BCUT2D eigenvalue weighted by atomic mass is 9.97. The molecule has 0 saturated carbocycles. The minimum atomic E-state index is -1.11. The molecule has 2 aromatic rings. The Kier molecular flexibility index (Phi) is 24.2. The number of ether oxygens (including phenoxy) is 6. The summed E-state index contributed by atoms with van der Waals surface area (Å²) in [6.45, 7) is 30.3. The van der Waals surface area contributed by atoms with Crippen LogP contribution in [0.3, 0.4) is 0 Å². The zero-order valence-corrected chi connectivity index (χ0v) is 53.3. The van der Waals surface area contributed by atoms with Gasteiger partial charge in [0.25, 0.3) is 23.6 Å². The van der Waals surface area contributed by atoms with Crippen molar-refractivity contribution in [2.45, 2.75) is 210 Å². The zero-order chi connectivity index (χ0) is 64.1. The van der Waals surface area contributed by atoms with E-state index in [1.165, 1.54) is 23.6 Å². The van der Waals surface area contributed by atoms with Gasteiger partial charge in [0.1, 0.15) is 11.5 Å². The maximum atomic E-state index is 14.2. The third kappa shape index (κ3) is 17.3. The SMILES string of the molecule is CCC(=O)NCCN1C(=O)C(C)(C)Oc2cc(C)c(C(=O)N(C(C)C)[C@@H]3CCCN(C(=O)OC(C)OC(=O)CC)C3)cc21.CCC(=O)NCCN1C(=O)C(C)(C)Oc2cc(C)c(C(=O)N(C(C)C)[C@@H]3CCCN(C(=O)O[C@@H](C)OC(=O)CC)C3)cc21. The Morgan fingerprint density at radius 1 is 0.558 bits per heavy atom. The molecule has 0 aromatic heterocycles. The van der Waals surface area contributed by atoms with E-state index in [1.807, 2.05) is 41.5 Å². The van der Waals surface area contributed by atoms with Crippen LogP contribution >= 0.6 is 0 Å². The summed E-state index contributed by atoms with van der Waals surface area (Å²) in [6.07, 6.45) is 0.483. The number of piperidine rings is 2. The van der Waals surface area contributed by atoms with Crippen LogP contribution in [-0.2, 0) is 47.7 Å². The molecule has 6 rings (SSSR count). The standard InChI is InChI=1S/2C31H46N4O8/c2*1-9-26(36)32-13-15-34-24-17-23(20(5)16-25(24)43-31(7,8)29(34)39)28(38)35(19(3)4)22-12-11-14-33(18-22)30(40)42-21(6)41-27(37)10-2/h2*16-17,19,21-22H,9-15,18H2,1-8H3,(H,32,36)/t21?,22-;21-,22+/m10/s1. The lowest BCUT2D eigenvalue weighted by molar-refractivity contribution is -0.167. The monoisotopic (exact) mass is 1200 g/mol. The topological polar surface area (TPSA) is 270 Å².